The highest BCUT2D eigenvalue weighted by molar-refractivity contribution is 9.15. The molecular formula is C18H26Br4O2. The monoisotopic (exact) mass is 590 g/mol. The zero-order valence-electron chi connectivity index (χ0n) is 14.4. The Bertz CT molecular complexity index is 462. The van der Waals surface area contributed by atoms with Gasteiger partial charge in [0.25, 0.3) is 0 Å². The Morgan fingerprint density at radius 1 is 0.542 bits per heavy atom. The molecule has 1 aromatic carbocycles. The molecule has 0 aromatic heterocycles. The fourth-order valence-electron chi connectivity index (χ4n) is 2.26. The normalized spacial score (nSPS) is 10.9. The van der Waals surface area contributed by atoms with Gasteiger partial charge in [0, 0.05) is 0 Å². The van der Waals surface area contributed by atoms with E-state index in [1.807, 2.05) is 0 Å². The molecule has 0 aliphatic rings. The summed E-state index contributed by atoms with van der Waals surface area (Å²) in [5.41, 5.74) is 0. The van der Waals surface area contributed by atoms with Gasteiger partial charge in [0.2, 0.25) is 0 Å². The minimum atomic E-state index is 0.700. The van der Waals surface area contributed by atoms with Crippen LogP contribution in [0.4, 0.5) is 0 Å². The van der Waals surface area contributed by atoms with E-state index in [2.05, 4.69) is 77.6 Å². The van der Waals surface area contributed by atoms with E-state index in [0.717, 1.165) is 42.2 Å². The Hall–Kier alpha value is 0.740. The summed E-state index contributed by atoms with van der Waals surface area (Å²) < 4.78 is 15.7. The smallest absolute Gasteiger partial charge is 0.177 e. The highest BCUT2D eigenvalue weighted by atomic mass is 79.9. The Labute approximate surface area is 180 Å². The van der Waals surface area contributed by atoms with Crippen LogP contribution in [0.5, 0.6) is 11.5 Å². The minimum Gasteiger partial charge on any atom is -0.488 e. The van der Waals surface area contributed by atoms with Crippen LogP contribution in [0.2, 0.25) is 0 Å². The number of halogens is 4. The van der Waals surface area contributed by atoms with Crippen LogP contribution >= 0.6 is 63.7 Å². The fourth-order valence-corrected chi connectivity index (χ4v) is 4.53. The van der Waals surface area contributed by atoms with Gasteiger partial charge >= 0.3 is 0 Å². The minimum absolute atomic E-state index is 0.700. The van der Waals surface area contributed by atoms with Crippen LogP contribution in [-0.2, 0) is 0 Å². The number of hydrogen-bond donors (Lipinski definition) is 0. The number of unbranched alkanes of at least 4 members (excludes halogenated alkanes) is 6. The zero-order valence-corrected chi connectivity index (χ0v) is 20.7. The molecule has 0 radical (unpaired) electrons. The lowest BCUT2D eigenvalue weighted by molar-refractivity contribution is 0.256. The quantitative estimate of drug-likeness (QED) is 0.137. The van der Waals surface area contributed by atoms with Crippen molar-refractivity contribution < 1.29 is 9.47 Å². The molecule has 0 saturated heterocycles. The second-order valence-electron chi connectivity index (χ2n) is 5.73. The van der Waals surface area contributed by atoms with E-state index in [1.165, 1.54) is 38.5 Å². The van der Waals surface area contributed by atoms with E-state index >= 15 is 0 Å². The van der Waals surface area contributed by atoms with Crippen LogP contribution in [-0.4, -0.2) is 13.2 Å². The van der Waals surface area contributed by atoms with E-state index in [9.17, 15) is 0 Å². The molecule has 24 heavy (non-hydrogen) atoms. The van der Waals surface area contributed by atoms with Crippen molar-refractivity contribution >= 4 is 63.7 Å². The van der Waals surface area contributed by atoms with Crippen LogP contribution in [0.3, 0.4) is 0 Å². The predicted molar refractivity (Wildman–Crippen MR) is 117 cm³/mol. The average Bonchev–Trinajstić information content (AvgIpc) is 2.58. The first kappa shape index (κ1) is 22.8. The standard InChI is InChI=1S/C18H26Br4O2/c1-3-5-7-9-11-23-17-15(21)13(19)14(20)16(22)18(17)24-12-10-8-6-4-2/h3-12H2,1-2H3. The van der Waals surface area contributed by atoms with Crippen molar-refractivity contribution in [2.24, 2.45) is 0 Å². The topological polar surface area (TPSA) is 18.5 Å². The highest BCUT2D eigenvalue weighted by Crippen LogP contribution is 2.50. The Kier molecular flexibility index (Phi) is 12.3. The molecule has 0 spiro atoms. The molecule has 1 rings (SSSR count). The summed E-state index contributed by atoms with van der Waals surface area (Å²) in [6.07, 6.45) is 9.46. The second kappa shape index (κ2) is 13.0. The van der Waals surface area contributed by atoms with Crippen molar-refractivity contribution in [2.45, 2.75) is 65.2 Å². The first-order valence-corrected chi connectivity index (χ1v) is 11.8. The molecule has 0 bridgehead atoms. The summed E-state index contributed by atoms with van der Waals surface area (Å²) >= 11 is 14.4. The van der Waals surface area contributed by atoms with E-state index in [-0.39, 0.29) is 0 Å². The fraction of sp³-hybridized carbons (Fsp3) is 0.667. The van der Waals surface area contributed by atoms with Crippen LogP contribution in [0.15, 0.2) is 17.9 Å². The molecule has 0 saturated carbocycles. The first-order chi connectivity index (χ1) is 11.5. The highest BCUT2D eigenvalue weighted by Gasteiger charge is 2.21. The van der Waals surface area contributed by atoms with Gasteiger partial charge in [0.05, 0.1) is 31.1 Å². The molecule has 0 atom stereocenters. The molecule has 0 aliphatic carbocycles. The lowest BCUT2D eigenvalue weighted by Crippen LogP contribution is -2.05. The molecule has 0 fully saturated rings. The molecule has 1 aromatic rings. The van der Waals surface area contributed by atoms with Crippen molar-refractivity contribution in [3.63, 3.8) is 0 Å². The number of rotatable bonds is 12. The maximum Gasteiger partial charge on any atom is 0.177 e. The van der Waals surface area contributed by atoms with E-state index in [4.69, 9.17) is 9.47 Å². The Morgan fingerprint density at radius 3 is 1.25 bits per heavy atom. The predicted octanol–water partition coefficient (Wildman–Crippen LogP) is 8.65. The third-order valence-electron chi connectivity index (χ3n) is 3.67. The largest absolute Gasteiger partial charge is 0.488 e. The molecule has 2 nitrogen and oxygen atoms in total. The first-order valence-electron chi connectivity index (χ1n) is 8.66. The van der Waals surface area contributed by atoms with Gasteiger partial charge in [-0.1, -0.05) is 52.4 Å². The van der Waals surface area contributed by atoms with Crippen LogP contribution in [0, 0.1) is 0 Å². The molecule has 0 N–H and O–H groups in total. The Morgan fingerprint density at radius 2 is 0.917 bits per heavy atom. The molecule has 0 heterocycles. The zero-order chi connectivity index (χ0) is 17.9. The van der Waals surface area contributed by atoms with Crippen molar-refractivity contribution in [3.8, 4) is 11.5 Å². The van der Waals surface area contributed by atoms with Gasteiger partial charge in [-0.25, -0.2) is 0 Å². The number of benzene rings is 1. The van der Waals surface area contributed by atoms with Gasteiger partial charge in [-0.3, -0.25) is 0 Å². The van der Waals surface area contributed by atoms with Gasteiger partial charge in [-0.2, -0.15) is 0 Å². The number of ether oxygens (including phenoxy) is 2. The summed E-state index contributed by atoms with van der Waals surface area (Å²) in [5, 5.41) is 0. The molecular weight excluding hydrogens is 568 g/mol. The van der Waals surface area contributed by atoms with Crippen LogP contribution < -0.4 is 9.47 Å². The maximum absolute atomic E-state index is 6.06. The second-order valence-corrected chi connectivity index (χ2v) is 8.90. The lowest BCUT2D eigenvalue weighted by Gasteiger charge is -2.18. The molecule has 0 unspecified atom stereocenters. The van der Waals surface area contributed by atoms with Gasteiger partial charge in [0.15, 0.2) is 11.5 Å². The average molecular weight is 594 g/mol. The summed E-state index contributed by atoms with van der Waals surface area (Å²) in [4.78, 5) is 0. The molecule has 138 valence electrons. The van der Waals surface area contributed by atoms with Gasteiger partial charge in [-0.05, 0) is 76.6 Å². The summed E-state index contributed by atoms with van der Waals surface area (Å²) in [5.74, 6) is 1.54. The molecule has 6 heteroatoms. The summed E-state index contributed by atoms with van der Waals surface area (Å²) in [6, 6.07) is 0. The summed E-state index contributed by atoms with van der Waals surface area (Å²) in [6.45, 7) is 5.83. The third kappa shape index (κ3) is 7.16. The van der Waals surface area contributed by atoms with E-state index in [0.29, 0.717) is 13.2 Å². The van der Waals surface area contributed by atoms with Crippen LogP contribution in [0.1, 0.15) is 65.2 Å². The van der Waals surface area contributed by atoms with Gasteiger partial charge < -0.3 is 9.47 Å². The maximum atomic E-state index is 6.06. The third-order valence-corrected chi connectivity index (χ3v) is 8.37. The Balaban J connectivity index is 2.80. The van der Waals surface area contributed by atoms with Crippen LogP contribution in [0.25, 0.3) is 0 Å². The summed E-state index contributed by atoms with van der Waals surface area (Å²) in [7, 11) is 0. The van der Waals surface area contributed by atoms with Crippen molar-refractivity contribution in [3.05, 3.63) is 17.9 Å². The van der Waals surface area contributed by atoms with Crippen molar-refractivity contribution in [2.75, 3.05) is 13.2 Å². The molecule has 0 aliphatic heterocycles. The van der Waals surface area contributed by atoms with Gasteiger partial charge in [0.1, 0.15) is 0 Å². The number of hydrogen-bond acceptors (Lipinski definition) is 2. The van der Waals surface area contributed by atoms with Crippen molar-refractivity contribution in [1.82, 2.24) is 0 Å². The van der Waals surface area contributed by atoms with Gasteiger partial charge in [-0.15, -0.1) is 0 Å². The van der Waals surface area contributed by atoms with E-state index < -0.39 is 0 Å². The molecule has 0 amide bonds. The lowest BCUT2D eigenvalue weighted by atomic mass is 10.2. The van der Waals surface area contributed by atoms with E-state index in [1.54, 1.807) is 0 Å². The SMILES string of the molecule is CCCCCCOc1c(Br)c(Br)c(Br)c(Br)c1OCCCCCC. The van der Waals surface area contributed by atoms with Crippen molar-refractivity contribution in [1.29, 1.82) is 0 Å².